The molecule has 0 bridgehead atoms. The molecule has 0 aliphatic carbocycles. The second-order valence-electron chi connectivity index (χ2n) is 9.94. The van der Waals surface area contributed by atoms with E-state index in [-0.39, 0.29) is 41.1 Å². The first-order valence-electron chi connectivity index (χ1n) is 13.1. The first kappa shape index (κ1) is 56.1. The lowest BCUT2D eigenvalue weighted by Gasteiger charge is -2.31. The van der Waals surface area contributed by atoms with Crippen LogP contribution in [0.3, 0.4) is 0 Å². The van der Waals surface area contributed by atoms with Gasteiger partial charge in [0.15, 0.2) is 0 Å². The molecular formula is C30H52O18. The molecule has 0 aliphatic rings. The Morgan fingerprint density at radius 3 is 0.688 bits per heavy atom. The third-order valence-corrected chi connectivity index (χ3v) is 4.72. The Morgan fingerprint density at radius 1 is 0.458 bits per heavy atom. The van der Waals surface area contributed by atoms with E-state index in [0.717, 1.165) is 0 Å². The van der Waals surface area contributed by atoms with E-state index in [2.05, 4.69) is 37.8 Å². The van der Waals surface area contributed by atoms with Crippen molar-refractivity contribution < 1.29 is 89.9 Å². The number of carbonyl (C=O) groups excluding carboxylic acids is 1. The zero-order valence-electron chi connectivity index (χ0n) is 28.0. The van der Waals surface area contributed by atoms with Gasteiger partial charge in [-0.3, -0.25) is 4.89 Å². The number of carbonyl (C=O) groups is 5. The van der Waals surface area contributed by atoms with Gasteiger partial charge in [0.25, 0.3) is 0 Å². The number of aliphatic hydroxyl groups is 6. The lowest BCUT2D eigenvalue weighted by molar-refractivity contribution is -0.229. The van der Waals surface area contributed by atoms with Gasteiger partial charge in [-0.05, 0) is 34.6 Å². The predicted molar refractivity (Wildman–Crippen MR) is 172 cm³/mol. The quantitative estimate of drug-likeness (QED) is 0.0612. The van der Waals surface area contributed by atoms with Crippen LogP contribution in [-0.2, 0) is 33.6 Å². The highest BCUT2D eigenvalue weighted by Crippen LogP contribution is 2.19. The van der Waals surface area contributed by atoms with Crippen molar-refractivity contribution in [2.75, 3.05) is 52.9 Å². The Morgan fingerprint density at radius 2 is 0.625 bits per heavy atom. The van der Waals surface area contributed by atoms with Crippen LogP contribution >= 0.6 is 0 Å². The summed E-state index contributed by atoms with van der Waals surface area (Å²) in [7, 11) is 0. The second kappa shape index (κ2) is 32.7. The van der Waals surface area contributed by atoms with Crippen LogP contribution in [0.4, 0.5) is 0 Å². The Bertz CT molecular complexity index is 856. The summed E-state index contributed by atoms with van der Waals surface area (Å²) in [5, 5.41) is 93.3. The van der Waals surface area contributed by atoms with E-state index in [0.29, 0.717) is 0 Å². The lowest BCUT2D eigenvalue weighted by atomic mass is 9.91. The molecule has 0 saturated carbocycles. The molecule has 280 valence electrons. The van der Waals surface area contributed by atoms with E-state index < -0.39 is 80.3 Å². The van der Waals surface area contributed by atoms with E-state index in [1.165, 1.54) is 34.6 Å². The van der Waals surface area contributed by atoms with Gasteiger partial charge in [0.05, 0.1) is 63.7 Å². The van der Waals surface area contributed by atoms with Gasteiger partial charge in [-0.2, -0.15) is 5.26 Å². The molecule has 0 saturated heterocycles. The van der Waals surface area contributed by atoms with Crippen molar-refractivity contribution in [3.63, 3.8) is 0 Å². The van der Waals surface area contributed by atoms with Crippen LogP contribution in [0.15, 0.2) is 60.8 Å². The van der Waals surface area contributed by atoms with E-state index in [1.807, 2.05) is 0 Å². The van der Waals surface area contributed by atoms with Crippen LogP contribution in [0, 0.1) is 10.8 Å². The summed E-state index contributed by atoms with van der Waals surface area (Å²) in [6.07, 6.45) is 0. The third-order valence-electron chi connectivity index (χ3n) is 4.72. The molecule has 0 heterocycles. The van der Waals surface area contributed by atoms with Crippen LogP contribution < -0.4 is 0 Å². The molecule has 0 amide bonds. The van der Waals surface area contributed by atoms with E-state index in [9.17, 15) is 24.0 Å². The van der Waals surface area contributed by atoms with Gasteiger partial charge in [0, 0.05) is 27.9 Å². The number of carboxylic acids is 4. The summed E-state index contributed by atoms with van der Waals surface area (Å²) < 4.78 is 5.15. The van der Waals surface area contributed by atoms with Crippen LogP contribution in [-0.4, -0.2) is 139 Å². The standard InChI is InChI=1S/C10H22O7.C4H6O3.4C4H6O2/c11-1-9(2-12,3-13)7-17-8-10(4-14,5-15)6-16;1-3(2)4(5)7-6;4*1-3(2)4(5)6/h11-16H,1-8H2;6H,1H2,2H3;4*1H2,2H3,(H,5,6). The molecule has 0 aromatic rings. The minimum absolute atomic E-state index is 0.141. The van der Waals surface area contributed by atoms with Crippen molar-refractivity contribution in [1.29, 1.82) is 0 Å². The molecule has 0 rings (SSSR count). The number of rotatable bonds is 15. The monoisotopic (exact) mass is 700 g/mol. The van der Waals surface area contributed by atoms with Crippen molar-refractivity contribution in [1.82, 2.24) is 0 Å². The number of ether oxygens (including phenoxy) is 1. The molecule has 0 unspecified atom stereocenters. The minimum Gasteiger partial charge on any atom is -0.478 e. The van der Waals surface area contributed by atoms with Crippen molar-refractivity contribution in [3.8, 4) is 0 Å². The Balaban J connectivity index is -0.000000120. The highest BCUT2D eigenvalue weighted by Gasteiger charge is 2.32. The number of aliphatic carboxylic acids is 4. The largest absolute Gasteiger partial charge is 0.478 e. The van der Waals surface area contributed by atoms with Crippen LogP contribution in [0.25, 0.3) is 0 Å². The summed E-state index contributed by atoms with van der Waals surface area (Å²) in [5.41, 5.74) is -1.43. The summed E-state index contributed by atoms with van der Waals surface area (Å²) >= 11 is 0. The molecule has 0 atom stereocenters. The maximum absolute atomic E-state index is 9.94. The topological polar surface area (TPSA) is 326 Å². The van der Waals surface area contributed by atoms with Gasteiger partial charge in [0.1, 0.15) is 0 Å². The number of hydrogen-bond donors (Lipinski definition) is 11. The number of hydrogen-bond acceptors (Lipinski definition) is 14. The van der Waals surface area contributed by atoms with E-state index in [1.54, 1.807) is 0 Å². The van der Waals surface area contributed by atoms with Gasteiger partial charge in [0.2, 0.25) is 0 Å². The van der Waals surface area contributed by atoms with Crippen molar-refractivity contribution in [2.45, 2.75) is 34.6 Å². The summed E-state index contributed by atoms with van der Waals surface area (Å²) in [5.74, 6) is -4.53. The molecule has 48 heavy (non-hydrogen) atoms. The summed E-state index contributed by atoms with van der Waals surface area (Å²) in [6, 6.07) is 0. The first-order chi connectivity index (χ1) is 21.8. The van der Waals surface area contributed by atoms with Crippen LogP contribution in [0.2, 0.25) is 0 Å². The molecule has 11 N–H and O–H groups in total. The highest BCUT2D eigenvalue weighted by molar-refractivity contribution is 5.86. The molecule has 18 nitrogen and oxygen atoms in total. The Hall–Kier alpha value is -4.27. The lowest BCUT2D eigenvalue weighted by Crippen LogP contribution is -2.43. The second-order valence-corrected chi connectivity index (χ2v) is 9.94. The molecule has 0 aliphatic heterocycles. The molecule has 0 aromatic carbocycles. The minimum atomic E-state index is -1.16. The predicted octanol–water partition coefficient (Wildman–Crippen LogP) is 0.0967. The van der Waals surface area contributed by atoms with Gasteiger partial charge < -0.3 is 55.8 Å². The molecule has 0 spiro atoms. The third kappa shape index (κ3) is 36.2. The first-order valence-corrected chi connectivity index (χ1v) is 13.1. The maximum atomic E-state index is 9.94. The molecule has 0 aromatic heterocycles. The Labute approximate surface area is 279 Å². The summed E-state index contributed by atoms with van der Waals surface area (Å²) in [6.45, 7) is 20.0. The van der Waals surface area contributed by atoms with E-state index >= 15 is 0 Å². The fourth-order valence-corrected chi connectivity index (χ4v) is 1.14. The van der Waals surface area contributed by atoms with Crippen molar-refractivity contribution in [3.05, 3.63) is 60.8 Å². The van der Waals surface area contributed by atoms with Crippen molar-refractivity contribution in [2.24, 2.45) is 10.8 Å². The van der Waals surface area contributed by atoms with Crippen LogP contribution in [0.5, 0.6) is 0 Å². The molecule has 18 heteroatoms. The smallest absolute Gasteiger partial charge is 0.367 e. The van der Waals surface area contributed by atoms with Gasteiger partial charge in [-0.25, -0.2) is 24.0 Å². The normalized spacial score (nSPS) is 9.50. The SMILES string of the molecule is C=C(C)C(=O)O.C=C(C)C(=O)O.C=C(C)C(=O)O.C=C(C)C(=O)O.C=C(C)C(=O)OO.OCC(CO)(CO)COCC(CO)(CO)CO. The summed E-state index contributed by atoms with van der Waals surface area (Å²) in [4.78, 5) is 51.6. The molecular weight excluding hydrogens is 648 g/mol. The Kier molecular flexibility index (Phi) is 38.2. The van der Waals surface area contributed by atoms with Gasteiger partial charge >= 0.3 is 29.8 Å². The average molecular weight is 701 g/mol. The fraction of sp³-hybridized carbons (Fsp3) is 0.500. The highest BCUT2D eigenvalue weighted by atomic mass is 17.1. The number of carboxylic acid groups (broad SMARTS) is 4. The van der Waals surface area contributed by atoms with Gasteiger partial charge in [-0.1, -0.05) is 32.9 Å². The maximum Gasteiger partial charge on any atom is 0.367 e. The van der Waals surface area contributed by atoms with Crippen LogP contribution in [0.1, 0.15) is 34.6 Å². The average Bonchev–Trinajstić information content (AvgIpc) is 3.02. The molecule has 0 radical (unpaired) electrons. The zero-order chi connectivity index (χ0) is 39.8. The number of aliphatic hydroxyl groups excluding tert-OH is 6. The zero-order valence-corrected chi connectivity index (χ0v) is 28.0. The molecule has 0 fully saturated rings. The van der Waals surface area contributed by atoms with E-state index in [4.69, 9.17) is 61.1 Å². The van der Waals surface area contributed by atoms with Gasteiger partial charge in [-0.15, -0.1) is 0 Å². The van der Waals surface area contributed by atoms with Crippen molar-refractivity contribution >= 4 is 29.8 Å². The fourth-order valence-electron chi connectivity index (χ4n) is 1.14.